The van der Waals surface area contributed by atoms with Gasteiger partial charge in [0.05, 0.1) is 12.1 Å². The molecule has 0 aliphatic carbocycles. The van der Waals surface area contributed by atoms with Crippen LogP contribution < -0.4 is 20.1 Å². The summed E-state index contributed by atoms with van der Waals surface area (Å²) in [5, 5.41) is 14.0. The van der Waals surface area contributed by atoms with E-state index in [2.05, 4.69) is 20.8 Å². The molecular formula is C26H30N6O3. The van der Waals surface area contributed by atoms with E-state index in [0.717, 1.165) is 28.6 Å². The number of nitrogens with one attached hydrogen (secondary N) is 3. The Bertz CT molecular complexity index is 1300. The molecule has 0 saturated carbocycles. The molecule has 9 heteroatoms. The molecule has 2 aromatic carbocycles. The van der Waals surface area contributed by atoms with E-state index >= 15 is 0 Å². The number of nitrogens with zero attached hydrogens (tertiary/aromatic N) is 3. The highest BCUT2D eigenvalue weighted by Gasteiger charge is 2.18. The summed E-state index contributed by atoms with van der Waals surface area (Å²) in [5.41, 5.74) is 1.24. The molecule has 0 bridgehead atoms. The van der Waals surface area contributed by atoms with Crippen molar-refractivity contribution < 1.29 is 14.3 Å². The summed E-state index contributed by atoms with van der Waals surface area (Å²) in [6.07, 6.45) is 2.56. The number of aromatic amines is 1. The molecule has 0 aliphatic rings. The van der Waals surface area contributed by atoms with Crippen LogP contribution in [0.3, 0.4) is 0 Å². The summed E-state index contributed by atoms with van der Waals surface area (Å²) in [7, 11) is 0. The average molecular weight is 475 g/mol. The van der Waals surface area contributed by atoms with Crippen LogP contribution in [0.25, 0.3) is 22.3 Å². The van der Waals surface area contributed by atoms with Crippen molar-refractivity contribution in [3.63, 3.8) is 0 Å². The number of benzene rings is 2. The van der Waals surface area contributed by atoms with Gasteiger partial charge in [-0.05, 0) is 57.5 Å². The lowest BCUT2D eigenvalue weighted by atomic mass is 10.0. The van der Waals surface area contributed by atoms with Gasteiger partial charge < -0.3 is 20.1 Å². The summed E-state index contributed by atoms with van der Waals surface area (Å²) < 4.78 is 11.4. The van der Waals surface area contributed by atoms with Crippen molar-refractivity contribution in [1.82, 2.24) is 25.5 Å². The topological polar surface area (TPSA) is 114 Å². The number of hydrogen-bond acceptors (Lipinski definition) is 7. The lowest BCUT2D eigenvalue weighted by Crippen LogP contribution is -2.44. The van der Waals surface area contributed by atoms with Gasteiger partial charge in [0.1, 0.15) is 17.3 Å². The maximum Gasteiger partial charge on any atom is 0.258 e. The van der Waals surface area contributed by atoms with Crippen LogP contribution in [-0.2, 0) is 4.79 Å². The molecular weight excluding hydrogens is 444 g/mol. The zero-order valence-electron chi connectivity index (χ0n) is 20.4. The second-order valence-corrected chi connectivity index (χ2v) is 8.69. The van der Waals surface area contributed by atoms with Gasteiger partial charge in [-0.2, -0.15) is 5.10 Å². The fourth-order valence-corrected chi connectivity index (χ4v) is 3.42. The maximum absolute atomic E-state index is 12.3. The van der Waals surface area contributed by atoms with Gasteiger partial charge in [-0.3, -0.25) is 9.89 Å². The third-order valence-electron chi connectivity index (χ3n) is 5.55. The molecule has 4 rings (SSSR count). The Balaban J connectivity index is 1.63. The lowest BCUT2D eigenvalue weighted by molar-refractivity contribution is -0.124. The largest absolute Gasteiger partial charge is 0.494 e. The minimum Gasteiger partial charge on any atom is -0.494 e. The zero-order chi connectivity index (χ0) is 24.8. The van der Waals surface area contributed by atoms with Gasteiger partial charge >= 0.3 is 0 Å². The normalized spacial score (nSPS) is 11.3. The Morgan fingerprint density at radius 3 is 2.60 bits per heavy atom. The predicted molar refractivity (Wildman–Crippen MR) is 136 cm³/mol. The lowest BCUT2D eigenvalue weighted by Gasteiger charge is -2.24. The first-order valence-electron chi connectivity index (χ1n) is 11.6. The fraction of sp³-hybridized carbons (Fsp3) is 0.308. The van der Waals surface area contributed by atoms with Crippen LogP contribution in [0.15, 0.2) is 54.7 Å². The molecule has 1 amide bonds. The van der Waals surface area contributed by atoms with Crippen molar-refractivity contribution in [2.24, 2.45) is 0 Å². The standard InChI is InChI=1S/C26H30N6O3/c1-5-26(3,4)31-23(33)16-35-18-9-7-8-17(14-18)24-28-21-11-10-19(34-6-2)15-20(21)25(30-24)29-22-12-13-27-32-22/h7-15H,5-6,16H2,1-4H3,(H,31,33)(H2,27,28,29,30,32). The van der Waals surface area contributed by atoms with E-state index in [1.54, 1.807) is 12.3 Å². The van der Waals surface area contributed by atoms with E-state index in [-0.39, 0.29) is 18.1 Å². The zero-order valence-corrected chi connectivity index (χ0v) is 20.4. The summed E-state index contributed by atoms with van der Waals surface area (Å²) in [6.45, 7) is 8.42. The number of anilines is 2. The first kappa shape index (κ1) is 24.0. The van der Waals surface area contributed by atoms with Crippen molar-refractivity contribution in [3.8, 4) is 22.9 Å². The second-order valence-electron chi connectivity index (χ2n) is 8.69. The van der Waals surface area contributed by atoms with E-state index in [1.165, 1.54) is 0 Å². The van der Waals surface area contributed by atoms with Gasteiger partial charge in [-0.25, -0.2) is 9.97 Å². The number of aromatic nitrogens is 4. The maximum atomic E-state index is 12.3. The Morgan fingerprint density at radius 2 is 1.86 bits per heavy atom. The minimum atomic E-state index is -0.277. The Hall–Kier alpha value is -4.14. The van der Waals surface area contributed by atoms with Gasteiger partial charge in [0.15, 0.2) is 18.2 Å². The number of fused-ring (bicyclic) bond motifs is 1. The molecule has 0 atom stereocenters. The average Bonchev–Trinajstić information content (AvgIpc) is 3.36. The molecule has 35 heavy (non-hydrogen) atoms. The number of carbonyl (C=O) groups is 1. The van der Waals surface area contributed by atoms with Crippen LogP contribution in [0, 0.1) is 0 Å². The van der Waals surface area contributed by atoms with E-state index in [4.69, 9.17) is 19.4 Å². The Labute approximate surface area is 204 Å². The quantitative estimate of drug-likeness (QED) is 0.301. The minimum absolute atomic E-state index is 0.0718. The van der Waals surface area contributed by atoms with Gasteiger partial charge in [-0.15, -0.1) is 0 Å². The number of H-pyrrole nitrogens is 1. The highest BCUT2D eigenvalue weighted by molar-refractivity contribution is 5.93. The van der Waals surface area contributed by atoms with Crippen molar-refractivity contribution in [1.29, 1.82) is 0 Å². The van der Waals surface area contributed by atoms with Crippen LogP contribution in [0.1, 0.15) is 34.1 Å². The second kappa shape index (κ2) is 10.4. The van der Waals surface area contributed by atoms with Gasteiger partial charge in [-0.1, -0.05) is 19.1 Å². The summed E-state index contributed by atoms with van der Waals surface area (Å²) >= 11 is 0. The molecule has 0 fully saturated rings. The fourth-order valence-electron chi connectivity index (χ4n) is 3.42. The van der Waals surface area contributed by atoms with Crippen molar-refractivity contribution in [2.75, 3.05) is 18.5 Å². The van der Waals surface area contributed by atoms with Crippen LogP contribution in [0.2, 0.25) is 0 Å². The van der Waals surface area contributed by atoms with E-state index in [1.807, 2.05) is 70.2 Å². The molecule has 0 spiro atoms. The van der Waals surface area contributed by atoms with Gasteiger partial charge in [0.2, 0.25) is 0 Å². The SMILES string of the molecule is CCOc1ccc2nc(-c3cccc(OCC(=O)NC(C)(C)CC)c3)nc(Nc3cc[nH]n3)c2c1. The molecule has 9 nitrogen and oxygen atoms in total. The number of rotatable bonds is 10. The molecule has 182 valence electrons. The van der Waals surface area contributed by atoms with Crippen molar-refractivity contribution in [2.45, 2.75) is 39.7 Å². The van der Waals surface area contributed by atoms with Gasteiger partial charge in [0, 0.05) is 28.8 Å². The first-order chi connectivity index (χ1) is 16.9. The molecule has 0 radical (unpaired) electrons. The highest BCUT2D eigenvalue weighted by Crippen LogP contribution is 2.30. The number of amides is 1. The number of hydrogen-bond donors (Lipinski definition) is 3. The molecule has 3 N–H and O–H groups in total. The molecule has 0 saturated heterocycles. The predicted octanol–water partition coefficient (Wildman–Crippen LogP) is 4.85. The van der Waals surface area contributed by atoms with Gasteiger partial charge in [0.25, 0.3) is 5.91 Å². The summed E-state index contributed by atoms with van der Waals surface area (Å²) in [4.78, 5) is 21.8. The Morgan fingerprint density at radius 1 is 1.03 bits per heavy atom. The van der Waals surface area contributed by atoms with Crippen LogP contribution in [0.4, 0.5) is 11.6 Å². The monoisotopic (exact) mass is 474 g/mol. The number of carbonyl (C=O) groups excluding carboxylic acids is 1. The van der Waals surface area contributed by atoms with Crippen molar-refractivity contribution in [3.05, 3.63) is 54.7 Å². The smallest absolute Gasteiger partial charge is 0.258 e. The van der Waals surface area contributed by atoms with Crippen LogP contribution in [-0.4, -0.2) is 44.8 Å². The van der Waals surface area contributed by atoms with Crippen LogP contribution >= 0.6 is 0 Å². The molecule has 2 heterocycles. The molecule has 2 aromatic heterocycles. The van der Waals surface area contributed by atoms with Crippen LogP contribution in [0.5, 0.6) is 11.5 Å². The third-order valence-corrected chi connectivity index (χ3v) is 5.55. The summed E-state index contributed by atoms with van der Waals surface area (Å²) in [6, 6.07) is 14.9. The highest BCUT2D eigenvalue weighted by atomic mass is 16.5. The van der Waals surface area contributed by atoms with E-state index in [9.17, 15) is 4.79 Å². The molecule has 0 aliphatic heterocycles. The Kier molecular flexibility index (Phi) is 7.14. The molecule has 0 unspecified atom stereocenters. The third kappa shape index (κ3) is 6.06. The first-order valence-corrected chi connectivity index (χ1v) is 11.6. The van der Waals surface area contributed by atoms with E-state index < -0.39 is 0 Å². The molecule has 4 aromatic rings. The summed E-state index contributed by atoms with van der Waals surface area (Å²) in [5.74, 6) is 2.88. The number of ether oxygens (including phenoxy) is 2. The van der Waals surface area contributed by atoms with Crippen molar-refractivity contribution >= 4 is 28.4 Å². The van der Waals surface area contributed by atoms with E-state index in [0.29, 0.717) is 29.8 Å².